The van der Waals surface area contributed by atoms with Gasteiger partial charge < -0.3 is 10.2 Å². The molecule has 1 atom stereocenters. The molecule has 0 bridgehead atoms. The summed E-state index contributed by atoms with van der Waals surface area (Å²) in [5, 5.41) is 3.13. The number of benzene rings is 1. The van der Waals surface area contributed by atoms with Crippen molar-refractivity contribution in [2.75, 3.05) is 20.1 Å². The summed E-state index contributed by atoms with van der Waals surface area (Å²) in [5.74, 6) is -0.188. The summed E-state index contributed by atoms with van der Waals surface area (Å²) in [4.78, 5) is 14.4. The lowest BCUT2D eigenvalue weighted by molar-refractivity contribution is -0.127. The minimum atomic E-state index is -0.264. The Balaban J connectivity index is 0.00000220. The molecular formula is C16H22ClFN2O. The Morgan fingerprint density at radius 2 is 2.10 bits per heavy atom. The normalized spacial score (nSPS) is 18.5. The minimum absolute atomic E-state index is 0. The third-order valence-electron chi connectivity index (χ3n) is 3.67. The van der Waals surface area contributed by atoms with Gasteiger partial charge in [-0.05, 0) is 50.6 Å². The number of nitrogens with zero attached hydrogens (tertiary/aromatic N) is 1. The van der Waals surface area contributed by atoms with Crippen molar-refractivity contribution < 1.29 is 9.18 Å². The van der Waals surface area contributed by atoms with Crippen molar-refractivity contribution in [3.63, 3.8) is 0 Å². The van der Waals surface area contributed by atoms with E-state index >= 15 is 0 Å². The Morgan fingerprint density at radius 3 is 2.71 bits per heavy atom. The Kier molecular flexibility index (Phi) is 6.85. The minimum Gasteiger partial charge on any atom is -0.335 e. The topological polar surface area (TPSA) is 32.3 Å². The van der Waals surface area contributed by atoms with Gasteiger partial charge in [0.2, 0.25) is 5.91 Å². The predicted molar refractivity (Wildman–Crippen MR) is 86.0 cm³/mol. The van der Waals surface area contributed by atoms with E-state index in [0.717, 1.165) is 31.5 Å². The average Bonchev–Trinajstić information content (AvgIpc) is 2.89. The van der Waals surface area contributed by atoms with Crippen LogP contribution in [-0.2, 0) is 4.79 Å². The zero-order valence-corrected chi connectivity index (χ0v) is 13.3. The van der Waals surface area contributed by atoms with Crippen LogP contribution in [0.4, 0.5) is 4.39 Å². The number of hydrogen-bond acceptors (Lipinski definition) is 2. The van der Waals surface area contributed by atoms with Gasteiger partial charge in [-0.15, -0.1) is 12.4 Å². The van der Waals surface area contributed by atoms with E-state index < -0.39 is 0 Å². The first-order valence-corrected chi connectivity index (χ1v) is 7.01. The summed E-state index contributed by atoms with van der Waals surface area (Å²) in [7, 11) is 1.90. The van der Waals surface area contributed by atoms with Crippen molar-refractivity contribution in [2.45, 2.75) is 25.8 Å². The summed E-state index contributed by atoms with van der Waals surface area (Å²) in [6, 6.07) is 6.46. The van der Waals surface area contributed by atoms with Crippen molar-refractivity contribution in [2.24, 2.45) is 0 Å². The number of carbonyl (C=O) groups excluding carboxylic acids is 1. The van der Waals surface area contributed by atoms with Gasteiger partial charge in [-0.25, -0.2) is 4.39 Å². The quantitative estimate of drug-likeness (QED) is 0.867. The summed E-state index contributed by atoms with van der Waals surface area (Å²) in [6.45, 7) is 3.47. The van der Waals surface area contributed by atoms with Crippen LogP contribution in [0.1, 0.15) is 25.3 Å². The van der Waals surface area contributed by atoms with Gasteiger partial charge in [-0.2, -0.15) is 0 Å². The fourth-order valence-corrected chi connectivity index (χ4v) is 2.65. The molecule has 21 heavy (non-hydrogen) atoms. The standard InChI is InChI=1S/C16H21FN2O.ClH/c1-12(10-13-5-7-14(17)8-6-13)16(20)19-9-3-4-15(19)11-18-2;/h5-8,10,15,18H,3-4,9,11H2,1-2H3;1H/b12-10+;. The second-order valence-corrected chi connectivity index (χ2v) is 5.23. The molecule has 1 heterocycles. The highest BCUT2D eigenvalue weighted by molar-refractivity contribution is 5.97. The maximum atomic E-state index is 12.9. The van der Waals surface area contributed by atoms with Gasteiger partial charge in [0.05, 0.1) is 0 Å². The maximum Gasteiger partial charge on any atom is 0.249 e. The van der Waals surface area contributed by atoms with Crippen molar-refractivity contribution >= 4 is 24.4 Å². The lowest BCUT2D eigenvalue weighted by atomic mass is 10.1. The highest BCUT2D eigenvalue weighted by Crippen LogP contribution is 2.20. The van der Waals surface area contributed by atoms with Crippen molar-refractivity contribution in [1.29, 1.82) is 0 Å². The third kappa shape index (κ3) is 4.55. The van der Waals surface area contributed by atoms with Crippen LogP contribution in [-0.4, -0.2) is 37.0 Å². The molecule has 5 heteroatoms. The molecule has 0 spiro atoms. The molecular weight excluding hydrogens is 291 g/mol. The van der Waals surface area contributed by atoms with E-state index in [-0.39, 0.29) is 30.2 Å². The van der Waals surface area contributed by atoms with Crippen LogP contribution >= 0.6 is 12.4 Å². The van der Waals surface area contributed by atoms with E-state index in [1.54, 1.807) is 12.1 Å². The number of amides is 1. The zero-order valence-electron chi connectivity index (χ0n) is 12.4. The van der Waals surface area contributed by atoms with Crippen LogP contribution in [0.25, 0.3) is 6.08 Å². The van der Waals surface area contributed by atoms with Crippen molar-refractivity contribution in [3.05, 3.63) is 41.2 Å². The van der Waals surface area contributed by atoms with Gasteiger partial charge in [-0.1, -0.05) is 12.1 Å². The molecule has 0 aliphatic carbocycles. The van der Waals surface area contributed by atoms with E-state index in [9.17, 15) is 9.18 Å². The summed E-state index contributed by atoms with van der Waals surface area (Å²) >= 11 is 0. The third-order valence-corrected chi connectivity index (χ3v) is 3.67. The monoisotopic (exact) mass is 312 g/mol. The first-order valence-electron chi connectivity index (χ1n) is 7.01. The Bertz CT molecular complexity index is 502. The molecule has 116 valence electrons. The maximum absolute atomic E-state index is 12.9. The van der Waals surface area contributed by atoms with Gasteiger partial charge in [0.15, 0.2) is 0 Å². The Hall–Kier alpha value is -1.39. The molecule has 1 aromatic rings. The van der Waals surface area contributed by atoms with E-state index in [2.05, 4.69) is 5.32 Å². The van der Waals surface area contributed by atoms with Gasteiger partial charge in [-0.3, -0.25) is 4.79 Å². The van der Waals surface area contributed by atoms with E-state index in [1.165, 1.54) is 12.1 Å². The molecule has 1 fully saturated rings. The lowest BCUT2D eigenvalue weighted by Crippen LogP contribution is -2.41. The number of hydrogen-bond donors (Lipinski definition) is 1. The number of nitrogens with one attached hydrogen (secondary N) is 1. The van der Waals surface area contributed by atoms with Crippen LogP contribution in [0, 0.1) is 5.82 Å². The number of carbonyl (C=O) groups is 1. The zero-order chi connectivity index (χ0) is 14.5. The highest BCUT2D eigenvalue weighted by atomic mass is 35.5. The average molecular weight is 313 g/mol. The molecule has 3 nitrogen and oxygen atoms in total. The second kappa shape index (κ2) is 8.15. The molecule has 1 saturated heterocycles. The molecule has 1 unspecified atom stereocenters. The van der Waals surface area contributed by atoms with Crippen LogP contribution in [0.15, 0.2) is 29.8 Å². The van der Waals surface area contributed by atoms with Crippen LogP contribution in [0.2, 0.25) is 0 Å². The molecule has 1 amide bonds. The molecule has 1 aliphatic heterocycles. The Labute approximate surface area is 131 Å². The summed E-state index contributed by atoms with van der Waals surface area (Å²) in [6.07, 6.45) is 3.93. The number of rotatable bonds is 4. The van der Waals surface area contributed by atoms with E-state index in [1.807, 2.05) is 24.9 Å². The van der Waals surface area contributed by atoms with E-state index in [0.29, 0.717) is 5.57 Å². The van der Waals surface area contributed by atoms with E-state index in [4.69, 9.17) is 0 Å². The first kappa shape index (κ1) is 17.7. The van der Waals surface area contributed by atoms with Crippen LogP contribution < -0.4 is 5.32 Å². The fourth-order valence-electron chi connectivity index (χ4n) is 2.65. The first-order chi connectivity index (χ1) is 9.61. The van der Waals surface area contributed by atoms with Crippen molar-refractivity contribution in [1.82, 2.24) is 10.2 Å². The number of likely N-dealkylation sites (N-methyl/N-ethyl adjacent to an activating group) is 1. The molecule has 2 rings (SSSR count). The number of likely N-dealkylation sites (tertiary alicyclic amines) is 1. The predicted octanol–water partition coefficient (Wildman–Crippen LogP) is 2.86. The van der Waals surface area contributed by atoms with Gasteiger partial charge in [0.1, 0.15) is 5.82 Å². The lowest BCUT2D eigenvalue weighted by Gasteiger charge is -2.24. The molecule has 1 aliphatic rings. The van der Waals surface area contributed by atoms with Crippen LogP contribution in [0.5, 0.6) is 0 Å². The fraction of sp³-hybridized carbons (Fsp3) is 0.438. The molecule has 0 aromatic heterocycles. The largest absolute Gasteiger partial charge is 0.335 e. The van der Waals surface area contributed by atoms with Gasteiger partial charge in [0, 0.05) is 24.7 Å². The second-order valence-electron chi connectivity index (χ2n) is 5.23. The smallest absolute Gasteiger partial charge is 0.249 e. The molecule has 0 radical (unpaired) electrons. The highest BCUT2D eigenvalue weighted by Gasteiger charge is 2.28. The van der Waals surface area contributed by atoms with Gasteiger partial charge >= 0.3 is 0 Å². The summed E-state index contributed by atoms with van der Waals surface area (Å²) in [5.41, 5.74) is 1.54. The summed E-state index contributed by atoms with van der Waals surface area (Å²) < 4.78 is 12.9. The molecule has 1 aromatic carbocycles. The molecule has 0 saturated carbocycles. The van der Waals surface area contributed by atoms with Crippen molar-refractivity contribution in [3.8, 4) is 0 Å². The number of halogens is 2. The Morgan fingerprint density at radius 1 is 1.43 bits per heavy atom. The van der Waals surface area contributed by atoms with Gasteiger partial charge in [0.25, 0.3) is 0 Å². The molecule has 1 N–H and O–H groups in total. The van der Waals surface area contributed by atoms with Crippen LogP contribution in [0.3, 0.4) is 0 Å². The SMILES string of the molecule is CNCC1CCCN1C(=O)/C(C)=C/c1ccc(F)cc1.Cl.